The van der Waals surface area contributed by atoms with E-state index in [1.807, 2.05) is 13.0 Å². The molecule has 0 bridgehead atoms. The zero-order valence-corrected chi connectivity index (χ0v) is 18.9. The van der Waals surface area contributed by atoms with Gasteiger partial charge >= 0.3 is 5.63 Å². The largest absolute Gasteiger partial charge is 0.507 e. The van der Waals surface area contributed by atoms with Crippen molar-refractivity contribution in [3.8, 4) is 5.75 Å². The molecule has 3 heterocycles. The fourth-order valence-electron chi connectivity index (χ4n) is 5.59. The summed E-state index contributed by atoms with van der Waals surface area (Å²) >= 11 is 0. The first-order valence-corrected chi connectivity index (χ1v) is 11.8. The van der Waals surface area contributed by atoms with E-state index in [0.717, 1.165) is 30.5 Å². The third-order valence-corrected chi connectivity index (χ3v) is 7.12. The van der Waals surface area contributed by atoms with E-state index < -0.39 is 0 Å². The zero-order chi connectivity index (χ0) is 21.8. The summed E-state index contributed by atoms with van der Waals surface area (Å²) in [5, 5.41) is 11.6. The number of methoxy groups -OCH3 is 1. The predicted molar refractivity (Wildman–Crippen MR) is 123 cm³/mol. The summed E-state index contributed by atoms with van der Waals surface area (Å²) in [6, 6.07) is 5.75. The van der Waals surface area contributed by atoms with Gasteiger partial charge in [-0.15, -0.1) is 0 Å². The van der Waals surface area contributed by atoms with E-state index in [9.17, 15) is 9.90 Å². The number of aromatic hydroxyl groups is 1. The molecule has 6 heteroatoms. The second-order valence-corrected chi connectivity index (χ2v) is 9.27. The van der Waals surface area contributed by atoms with E-state index in [1.54, 1.807) is 13.2 Å². The second-order valence-electron chi connectivity index (χ2n) is 9.27. The molecule has 2 atom stereocenters. The maximum Gasteiger partial charge on any atom is 0.336 e. The van der Waals surface area contributed by atoms with Gasteiger partial charge in [-0.25, -0.2) is 4.79 Å². The van der Waals surface area contributed by atoms with Crippen LogP contribution in [0.1, 0.15) is 49.7 Å². The Morgan fingerprint density at radius 1 is 1.23 bits per heavy atom. The summed E-state index contributed by atoms with van der Waals surface area (Å²) in [5.74, 6) is 0.836. The van der Waals surface area contributed by atoms with Crippen LogP contribution in [0.4, 0.5) is 0 Å². The molecule has 2 aromatic rings. The Balaban J connectivity index is 1.60. The molecule has 0 amide bonds. The van der Waals surface area contributed by atoms with Crippen LogP contribution in [0.3, 0.4) is 0 Å². The Hall–Kier alpha value is -1.89. The van der Waals surface area contributed by atoms with Gasteiger partial charge in [0.05, 0.1) is 5.56 Å². The van der Waals surface area contributed by atoms with Gasteiger partial charge in [-0.1, -0.05) is 6.42 Å². The van der Waals surface area contributed by atoms with Gasteiger partial charge in [0.25, 0.3) is 0 Å². The molecule has 2 aliphatic heterocycles. The molecule has 31 heavy (non-hydrogen) atoms. The first kappa shape index (κ1) is 22.3. The van der Waals surface area contributed by atoms with Crippen molar-refractivity contribution in [1.29, 1.82) is 0 Å². The number of nitrogens with zero attached hydrogens (tertiary/aromatic N) is 2. The number of hydrogen-bond acceptors (Lipinski definition) is 6. The van der Waals surface area contributed by atoms with Crippen LogP contribution in [0.5, 0.6) is 5.75 Å². The van der Waals surface area contributed by atoms with Crippen molar-refractivity contribution < 1.29 is 14.3 Å². The first-order chi connectivity index (χ1) is 15.1. The summed E-state index contributed by atoms with van der Waals surface area (Å²) in [7, 11) is 1.74. The van der Waals surface area contributed by atoms with Crippen molar-refractivity contribution in [3.63, 3.8) is 0 Å². The van der Waals surface area contributed by atoms with Gasteiger partial charge in [-0.05, 0) is 75.7 Å². The lowest BCUT2D eigenvalue weighted by Gasteiger charge is -2.45. The van der Waals surface area contributed by atoms with Crippen molar-refractivity contribution in [1.82, 2.24) is 9.80 Å². The molecule has 2 fully saturated rings. The van der Waals surface area contributed by atoms with Crippen LogP contribution in [-0.2, 0) is 11.3 Å². The number of hydrogen-bond donors (Lipinski definition) is 1. The third kappa shape index (κ3) is 5.13. The smallest absolute Gasteiger partial charge is 0.336 e. The zero-order valence-electron chi connectivity index (χ0n) is 18.9. The molecule has 4 rings (SSSR count). The number of piperidine rings is 2. The molecular weight excluding hydrogens is 392 g/mol. The number of fused-ring (bicyclic) bond motifs is 2. The van der Waals surface area contributed by atoms with Crippen molar-refractivity contribution in [2.45, 2.75) is 58.0 Å². The molecule has 0 aliphatic carbocycles. The van der Waals surface area contributed by atoms with Crippen LogP contribution in [0.2, 0.25) is 0 Å². The van der Waals surface area contributed by atoms with Crippen LogP contribution in [0.25, 0.3) is 11.0 Å². The van der Waals surface area contributed by atoms with Crippen molar-refractivity contribution in [2.75, 3.05) is 39.9 Å². The predicted octanol–water partition coefficient (Wildman–Crippen LogP) is 3.91. The minimum Gasteiger partial charge on any atom is -0.507 e. The summed E-state index contributed by atoms with van der Waals surface area (Å²) < 4.78 is 10.9. The lowest BCUT2D eigenvalue weighted by atomic mass is 9.83. The van der Waals surface area contributed by atoms with E-state index in [0.29, 0.717) is 36.3 Å². The van der Waals surface area contributed by atoms with Gasteiger partial charge < -0.3 is 19.2 Å². The molecule has 0 radical (unpaired) electrons. The van der Waals surface area contributed by atoms with E-state index in [1.165, 1.54) is 51.3 Å². The fourth-order valence-corrected chi connectivity index (χ4v) is 5.59. The van der Waals surface area contributed by atoms with E-state index >= 15 is 0 Å². The highest BCUT2D eigenvalue weighted by atomic mass is 16.5. The normalized spacial score (nSPS) is 22.2. The highest BCUT2D eigenvalue weighted by Gasteiger charge is 2.34. The molecular formula is C25H36N2O4. The van der Waals surface area contributed by atoms with E-state index in [2.05, 4.69) is 9.80 Å². The molecule has 2 saturated heterocycles. The van der Waals surface area contributed by atoms with Crippen LogP contribution >= 0.6 is 0 Å². The Labute approximate surface area is 184 Å². The Bertz CT molecular complexity index is 939. The quantitative estimate of drug-likeness (QED) is 0.508. The van der Waals surface area contributed by atoms with Crippen molar-refractivity contribution in [2.24, 2.45) is 5.92 Å². The van der Waals surface area contributed by atoms with Gasteiger partial charge in [0, 0.05) is 50.8 Å². The molecule has 6 nitrogen and oxygen atoms in total. The number of ether oxygens (including phenoxy) is 1. The summed E-state index contributed by atoms with van der Waals surface area (Å²) in [6.07, 6.45) is 7.41. The molecule has 0 spiro atoms. The number of benzene rings is 1. The van der Waals surface area contributed by atoms with Crippen molar-refractivity contribution >= 4 is 11.0 Å². The molecule has 0 unspecified atom stereocenters. The first-order valence-electron chi connectivity index (χ1n) is 11.8. The molecule has 1 aromatic heterocycles. The van der Waals surface area contributed by atoms with Crippen molar-refractivity contribution in [3.05, 3.63) is 39.7 Å². The van der Waals surface area contributed by atoms with Gasteiger partial charge in [-0.2, -0.15) is 0 Å². The molecule has 1 N–H and O–H groups in total. The third-order valence-electron chi connectivity index (χ3n) is 7.12. The lowest BCUT2D eigenvalue weighted by molar-refractivity contribution is 0.0372. The monoisotopic (exact) mass is 428 g/mol. The summed E-state index contributed by atoms with van der Waals surface area (Å²) in [6.45, 7) is 7.56. The van der Waals surface area contributed by atoms with Crippen LogP contribution < -0.4 is 5.63 Å². The van der Waals surface area contributed by atoms with E-state index in [-0.39, 0.29) is 11.4 Å². The maximum atomic E-state index is 12.1. The average molecular weight is 429 g/mol. The molecule has 1 aromatic carbocycles. The second kappa shape index (κ2) is 10.2. The van der Waals surface area contributed by atoms with Crippen LogP contribution in [-0.4, -0.2) is 60.8 Å². The van der Waals surface area contributed by atoms with Crippen LogP contribution in [0, 0.1) is 12.8 Å². The van der Waals surface area contributed by atoms with E-state index in [4.69, 9.17) is 9.15 Å². The highest BCUT2D eigenvalue weighted by molar-refractivity contribution is 5.84. The summed E-state index contributed by atoms with van der Waals surface area (Å²) in [5.41, 5.74) is 1.74. The Morgan fingerprint density at radius 2 is 2.06 bits per heavy atom. The lowest BCUT2D eigenvalue weighted by Crippen LogP contribution is -2.51. The Morgan fingerprint density at radius 3 is 2.90 bits per heavy atom. The number of phenolic OH excluding ortho intramolecular Hbond substituents is 1. The molecule has 0 saturated carbocycles. The average Bonchev–Trinajstić information content (AvgIpc) is 2.76. The van der Waals surface area contributed by atoms with Gasteiger partial charge in [0.1, 0.15) is 11.3 Å². The fraction of sp³-hybridized carbons (Fsp3) is 0.640. The van der Waals surface area contributed by atoms with Gasteiger partial charge in [0.2, 0.25) is 0 Å². The standard InChI is InChI=1S/C25H36N2O4/c1-18-15-24(29)31-25-20(18)9-10-23(28)21(25)17-26(11-6-14-30-2)16-19-7-5-13-27-12-4-3-8-22(19)27/h9-10,15,19,22,28H,3-8,11-14,16-17H2,1-2H3/t19-,22+/m0/s1. The maximum absolute atomic E-state index is 12.1. The highest BCUT2D eigenvalue weighted by Crippen LogP contribution is 2.33. The summed E-state index contributed by atoms with van der Waals surface area (Å²) in [4.78, 5) is 17.2. The number of rotatable bonds is 8. The SMILES string of the molecule is COCCCN(Cc1c(O)ccc2c(C)cc(=O)oc12)C[C@@H]1CCCN2CCCC[C@H]12. The number of aryl methyl sites for hydroxylation is 1. The van der Waals surface area contributed by atoms with Gasteiger partial charge in [-0.3, -0.25) is 4.90 Å². The minimum atomic E-state index is -0.368. The molecule has 2 aliphatic rings. The van der Waals surface area contributed by atoms with Gasteiger partial charge in [0.15, 0.2) is 0 Å². The minimum absolute atomic E-state index is 0.195. The Kier molecular flexibility index (Phi) is 7.31. The van der Waals surface area contributed by atoms with Crippen LogP contribution in [0.15, 0.2) is 27.4 Å². The topological polar surface area (TPSA) is 66.2 Å². The number of phenols is 1. The molecule has 170 valence electrons.